The van der Waals surface area contributed by atoms with Gasteiger partial charge in [-0.15, -0.1) is 0 Å². The molecule has 24 heavy (non-hydrogen) atoms. The summed E-state index contributed by atoms with van der Waals surface area (Å²) in [6.45, 7) is 6.85. The van der Waals surface area contributed by atoms with E-state index in [9.17, 15) is 9.59 Å². The molecule has 0 radical (unpaired) electrons. The first-order chi connectivity index (χ1) is 11.3. The van der Waals surface area contributed by atoms with Gasteiger partial charge in [-0.2, -0.15) is 0 Å². The lowest BCUT2D eigenvalue weighted by Crippen LogP contribution is -2.41. The average molecular weight is 329 g/mol. The molecule has 0 saturated carbocycles. The van der Waals surface area contributed by atoms with E-state index in [1.54, 1.807) is 9.58 Å². The number of nitrogens with one attached hydrogen (secondary N) is 1. The van der Waals surface area contributed by atoms with Crippen LogP contribution in [0.2, 0.25) is 0 Å². The fraction of sp³-hybridized carbons (Fsp3) is 0.444. The summed E-state index contributed by atoms with van der Waals surface area (Å²) in [6, 6.07) is 9.82. The van der Waals surface area contributed by atoms with Gasteiger partial charge in [0.2, 0.25) is 0 Å². The molecule has 0 atom stereocenters. The first kappa shape index (κ1) is 16.4. The molecule has 0 bridgehead atoms. The fourth-order valence-corrected chi connectivity index (χ4v) is 2.82. The highest BCUT2D eigenvalue weighted by molar-refractivity contribution is 5.68. The predicted molar refractivity (Wildman–Crippen MR) is 90.9 cm³/mol. The molecule has 0 aliphatic carbocycles. The van der Waals surface area contributed by atoms with E-state index in [0.29, 0.717) is 31.6 Å². The van der Waals surface area contributed by atoms with Crippen LogP contribution in [0.25, 0.3) is 0 Å². The van der Waals surface area contributed by atoms with Crippen molar-refractivity contribution in [3.05, 3.63) is 57.5 Å². The zero-order chi connectivity index (χ0) is 17.3. The first-order valence-electron chi connectivity index (χ1n) is 8.16. The van der Waals surface area contributed by atoms with E-state index >= 15 is 0 Å². The van der Waals surface area contributed by atoms with Gasteiger partial charge in [-0.05, 0) is 26.3 Å². The lowest BCUT2D eigenvalue weighted by atomic mass is 10.1. The number of ether oxygens (including phenoxy) is 1. The van der Waals surface area contributed by atoms with Crippen LogP contribution in [0.1, 0.15) is 37.6 Å². The van der Waals surface area contributed by atoms with Gasteiger partial charge in [-0.1, -0.05) is 30.3 Å². The Kier molecular flexibility index (Phi) is 4.22. The number of carbonyl (C=O) groups excluding carboxylic acids is 1. The zero-order valence-electron chi connectivity index (χ0n) is 14.3. The van der Waals surface area contributed by atoms with Gasteiger partial charge < -0.3 is 9.64 Å². The van der Waals surface area contributed by atoms with E-state index in [2.05, 4.69) is 5.10 Å². The molecule has 6 nitrogen and oxygen atoms in total. The standard InChI is InChI=1S/C18H23N3O3/c1-18(2,3)24-17(23)20-10-9-15-14(12-20)16(22)21(19-15)11-13-7-5-4-6-8-13/h4-8,19H,9-12H2,1-3H3. The van der Waals surface area contributed by atoms with Gasteiger partial charge >= 0.3 is 6.09 Å². The van der Waals surface area contributed by atoms with Crippen LogP contribution in [0.5, 0.6) is 0 Å². The molecule has 128 valence electrons. The first-order valence-corrected chi connectivity index (χ1v) is 8.16. The normalized spacial score (nSPS) is 14.4. The monoisotopic (exact) mass is 329 g/mol. The number of hydrogen-bond donors (Lipinski definition) is 1. The zero-order valence-corrected chi connectivity index (χ0v) is 14.3. The lowest BCUT2D eigenvalue weighted by molar-refractivity contribution is 0.0223. The van der Waals surface area contributed by atoms with Gasteiger partial charge in [-0.3, -0.25) is 9.89 Å². The average Bonchev–Trinajstić information content (AvgIpc) is 2.82. The van der Waals surface area contributed by atoms with Crippen LogP contribution in [0.15, 0.2) is 35.1 Å². The number of aromatic nitrogens is 2. The summed E-state index contributed by atoms with van der Waals surface area (Å²) in [5.74, 6) is 0. The molecular formula is C18H23N3O3. The second-order valence-corrected chi connectivity index (χ2v) is 7.10. The summed E-state index contributed by atoms with van der Waals surface area (Å²) < 4.78 is 7.01. The summed E-state index contributed by atoms with van der Waals surface area (Å²) in [4.78, 5) is 26.4. The predicted octanol–water partition coefficient (Wildman–Crippen LogP) is 2.52. The van der Waals surface area contributed by atoms with Crippen LogP contribution in [0, 0.1) is 0 Å². The minimum absolute atomic E-state index is 0.0675. The molecule has 3 rings (SSSR count). The van der Waals surface area contributed by atoms with E-state index < -0.39 is 5.60 Å². The quantitative estimate of drug-likeness (QED) is 0.920. The Morgan fingerprint density at radius 1 is 1.25 bits per heavy atom. The largest absolute Gasteiger partial charge is 0.444 e. The van der Waals surface area contributed by atoms with Crippen molar-refractivity contribution >= 4 is 6.09 Å². The number of nitrogens with zero attached hydrogens (tertiary/aromatic N) is 2. The molecule has 0 unspecified atom stereocenters. The maximum atomic E-state index is 12.6. The summed E-state index contributed by atoms with van der Waals surface area (Å²) in [5.41, 5.74) is 2.02. The number of H-pyrrole nitrogens is 1. The molecule has 0 saturated heterocycles. The summed E-state index contributed by atoms with van der Waals surface area (Å²) in [6.07, 6.45) is 0.259. The fourth-order valence-electron chi connectivity index (χ4n) is 2.82. The Labute approximate surface area is 141 Å². The van der Waals surface area contributed by atoms with Gasteiger partial charge in [0.15, 0.2) is 0 Å². The van der Waals surface area contributed by atoms with Gasteiger partial charge in [0.1, 0.15) is 5.60 Å². The maximum Gasteiger partial charge on any atom is 0.410 e. The molecule has 0 spiro atoms. The van der Waals surface area contributed by atoms with E-state index in [4.69, 9.17) is 4.74 Å². The highest BCUT2D eigenvalue weighted by Gasteiger charge is 2.28. The summed E-state index contributed by atoms with van der Waals surface area (Å²) >= 11 is 0. The Bertz CT molecular complexity index is 784. The highest BCUT2D eigenvalue weighted by Crippen LogP contribution is 2.18. The van der Waals surface area contributed by atoms with Gasteiger partial charge in [0.05, 0.1) is 18.7 Å². The van der Waals surface area contributed by atoms with Crippen molar-refractivity contribution in [3.8, 4) is 0 Å². The van der Waals surface area contributed by atoms with Crippen LogP contribution in [-0.4, -0.2) is 32.9 Å². The minimum Gasteiger partial charge on any atom is -0.444 e. The molecular weight excluding hydrogens is 306 g/mol. The molecule has 0 fully saturated rings. The van der Waals surface area contributed by atoms with Crippen LogP contribution < -0.4 is 5.56 Å². The minimum atomic E-state index is -0.539. The van der Waals surface area contributed by atoms with Crippen LogP contribution in [0.3, 0.4) is 0 Å². The van der Waals surface area contributed by atoms with Crippen molar-refractivity contribution in [3.63, 3.8) is 0 Å². The number of carbonyl (C=O) groups is 1. The Hall–Kier alpha value is -2.50. The number of rotatable bonds is 2. The van der Waals surface area contributed by atoms with Crippen molar-refractivity contribution in [1.82, 2.24) is 14.7 Å². The highest BCUT2D eigenvalue weighted by atomic mass is 16.6. The summed E-state index contributed by atoms with van der Waals surface area (Å²) in [7, 11) is 0. The number of aromatic amines is 1. The number of fused-ring (bicyclic) bond motifs is 1. The molecule has 1 amide bonds. The topological polar surface area (TPSA) is 67.3 Å². The molecule has 1 aromatic carbocycles. The van der Waals surface area contributed by atoms with Crippen LogP contribution in [0.4, 0.5) is 4.79 Å². The van der Waals surface area contributed by atoms with Crippen molar-refractivity contribution in [2.24, 2.45) is 0 Å². The second-order valence-electron chi connectivity index (χ2n) is 7.10. The molecule has 1 N–H and O–H groups in total. The third kappa shape index (κ3) is 3.53. The van der Waals surface area contributed by atoms with E-state index in [0.717, 1.165) is 11.3 Å². The number of benzene rings is 1. The molecule has 1 aliphatic heterocycles. The third-order valence-electron chi connectivity index (χ3n) is 3.95. The van der Waals surface area contributed by atoms with Gasteiger partial charge in [0, 0.05) is 18.7 Å². The molecule has 1 aromatic heterocycles. The van der Waals surface area contributed by atoms with Crippen molar-refractivity contribution < 1.29 is 9.53 Å². The van der Waals surface area contributed by atoms with Crippen LogP contribution >= 0.6 is 0 Å². The molecule has 2 aromatic rings. The molecule has 2 heterocycles. The Morgan fingerprint density at radius 3 is 2.62 bits per heavy atom. The van der Waals surface area contributed by atoms with Gasteiger partial charge in [-0.25, -0.2) is 9.48 Å². The van der Waals surface area contributed by atoms with E-state index in [-0.39, 0.29) is 11.7 Å². The van der Waals surface area contributed by atoms with Gasteiger partial charge in [0.25, 0.3) is 5.56 Å². The van der Waals surface area contributed by atoms with Crippen molar-refractivity contribution in [2.75, 3.05) is 6.54 Å². The van der Waals surface area contributed by atoms with E-state index in [1.807, 2.05) is 51.1 Å². The van der Waals surface area contributed by atoms with Crippen LogP contribution in [-0.2, 0) is 24.2 Å². The van der Waals surface area contributed by atoms with Crippen molar-refractivity contribution in [2.45, 2.75) is 45.9 Å². The lowest BCUT2D eigenvalue weighted by Gasteiger charge is -2.29. The molecule has 1 aliphatic rings. The number of hydrogen-bond acceptors (Lipinski definition) is 3. The molecule has 6 heteroatoms. The Morgan fingerprint density at radius 2 is 1.96 bits per heavy atom. The Balaban J connectivity index is 1.78. The van der Waals surface area contributed by atoms with Crippen molar-refractivity contribution in [1.29, 1.82) is 0 Å². The third-order valence-corrected chi connectivity index (χ3v) is 3.95. The summed E-state index contributed by atoms with van der Waals surface area (Å²) in [5, 5.41) is 3.18. The second kappa shape index (κ2) is 6.19. The smallest absolute Gasteiger partial charge is 0.410 e. The maximum absolute atomic E-state index is 12.6. The van der Waals surface area contributed by atoms with E-state index in [1.165, 1.54) is 0 Å². The SMILES string of the molecule is CC(C)(C)OC(=O)N1CCc2[nH]n(Cc3ccccc3)c(=O)c2C1. The number of amides is 1.